The number of rotatable bonds is 5. The molecule has 0 aliphatic rings. The molecule has 0 atom stereocenters. The van der Waals surface area contributed by atoms with Crippen LogP contribution in [0.25, 0.3) is 0 Å². The highest BCUT2D eigenvalue weighted by Gasteiger charge is 2.30. The van der Waals surface area contributed by atoms with E-state index >= 15 is 0 Å². The van der Waals surface area contributed by atoms with E-state index < -0.39 is 6.36 Å². The fourth-order valence-electron chi connectivity index (χ4n) is 1.97. The van der Waals surface area contributed by atoms with Crippen LogP contribution in [0.15, 0.2) is 48.5 Å². The van der Waals surface area contributed by atoms with Crippen molar-refractivity contribution < 1.29 is 27.4 Å². The van der Waals surface area contributed by atoms with Gasteiger partial charge in [-0.25, -0.2) is 0 Å². The first-order valence-electron chi connectivity index (χ1n) is 6.65. The lowest BCUT2D eigenvalue weighted by Gasteiger charge is -2.11. The lowest BCUT2D eigenvalue weighted by Crippen LogP contribution is -2.17. The molecule has 0 saturated heterocycles. The molecule has 2 aromatic rings. The summed E-state index contributed by atoms with van der Waals surface area (Å²) in [6, 6.07) is 12.0. The summed E-state index contributed by atoms with van der Waals surface area (Å²) in [6.45, 7) is 0. The summed E-state index contributed by atoms with van der Waals surface area (Å²) >= 11 is 0. The molecule has 122 valence electrons. The Balaban J connectivity index is 1.98. The highest BCUT2D eigenvalue weighted by molar-refractivity contribution is 5.92. The summed E-state index contributed by atoms with van der Waals surface area (Å²) in [7, 11) is 1.51. The third-order valence-electron chi connectivity index (χ3n) is 2.92. The van der Waals surface area contributed by atoms with Crippen LogP contribution in [-0.2, 0) is 11.2 Å². The highest BCUT2D eigenvalue weighted by Crippen LogP contribution is 2.24. The number of para-hydroxylation sites is 1. The van der Waals surface area contributed by atoms with Crippen molar-refractivity contribution in [2.24, 2.45) is 0 Å². The van der Waals surface area contributed by atoms with Gasteiger partial charge in [0.1, 0.15) is 11.5 Å². The minimum Gasteiger partial charge on any atom is -0.496 e. The Bertz CT molecular complexity index is 669. The van der Waals surface area contributed by atoms with Gasteiger partial charge in [0.15, 0.2) is 0 Å². The molecule has 4 nitrogen and oxygen atoms in total. The monoisotopic (exact) mass is 325 g/mol. The van der Waals surface area contributed by atoms with Gasteiger partial charge in [-0.2, -0.15) is 0 Å². The van der Waals surface area contributed by atoms with Gasteiger partial charge in [-0.1, -0.05) is 18.2 Å². The zero-order valence-corrected chi connectivity index (χ0v) is 12.2. The van der Waals surface area contributed by atoms with E-state index in [0.717, 1.165) is 12.1 Å². The molecule has 0 heterocycles. The maximum Gasteiger partial charge on any atom is 0.573 e. The Morgan fingerprint density at radius 1 is 1.09 bits per heavy atom. The lowest BCUT2D eigenvalue weighted by atomic mass is 10.1. The standard InChI is InChI=1S/C16H14F3NO3/c1-22-14-5-3-2-4-11(14)10-15(21)20-12-6-8-13(9-7-12)23-16(17,18)19/h2-9H,10H2,1H3,(H,20,21). The number of carbonyl (C=O) groups is 1. The first kappa shape index (κ1) is 16.7. The second-order valence-electron chi connectivity index (χ2n) is 4.61. The van der Waals surface area contributed by atoms with Crippen LogP contribution >= 0.6 is 0 Å². The van der Waals surface area contributed by atoms with Crippen molar-refractivity contribution in [3.05, 3.63) is 54.1 Å². The highest BCUT2D eigenvalue weighted by atomic mass is 19.4. The predicted molar refractivity (Wildman–Crippen MR) is 78.5 cm³/mol. The minimum atomic E-state index is -4.74. The van der Waals surface area contributed by atoms with Crippen LogP contribution in [0, 0.1) is 0 Å². The van der Waals surface area contributed by atoms with Crippen LogP contribution in [-0.4, -0.2) is 19.4 Å². The Morgan fingerprint density at radius 2 is 1.74 bits per heavy atom. The van der Waals surface area contributed by atoms with Crippen molar-refractivity contribution in [3.8, 4) is 11.5 Å². The topological polar surface area (TPSA) is 47.6 Å². The number of hydrogen-bond acceptors (Lipinski definition) is 3. The zero-order valence-electron chi connectivity index (χ0n) is 12.2. The van der Waals surface area contributed by atoms with E-state index in [1.807, 2.05) is 0 Å². The molecule has 7 heteroatoms. The molecule has 1 amide bonds. The molecular formula is C16H14F3NO3. The molecule has 0 fully saturated rings. The van der Waals surface area contributed by atoms with Gasteiger partial charge < -0.3 is 14.8 Å². The van der Waals surface area contributed by atoms with Gasteiger partial charge in [-0.3, -0.25) is 4.79 Å². The quantitative estimate of drug-likeness (QED) is 0.910. The van der Waals surface area contributed by atoms with Gasteiger partial charge >= 0.3 is 6.36 Å². The SMILES string of the molecule is COc1ccccc1CC(=O)Nc1ccc(OC(F)(F)F)cc1. The summed E-state index contributed by atoms with van der Waals surface area (Å²) in [5.41, 5.74) is 1.09. The van der Waals surface area contributed by atoms with E-state index in [2.05, 4.69) is 10.1 Å². The Morgan fingerprint density at radius 3 is 2.35 bits per heavy atom. The number of alkyl halides is 3. The Kier molecular flexibility index (Phi) is 5.10. The molecule has 0 unspecified atom stereocenters. The van der Waals surface area contributed by atoms with Crippen molar-refractivity contribution in [2.45, 2.75) is 12.8 Å². The molecule has 23 heavy (non-hydrogen) atoms. The van der Waals surface area contributed by atoms with E-state index in [9.17, 15) is 18.0 Å². The van der Waals surface area contributed by atoms with Crippen molar-refractivity contribution in [2.75, 3.05) is 12.4 Å². The summed E-state index contributed by atoms with van der Waals surface area (Å²) in [6.07, 6.45) is -4.65. The summed E-state index contributed by atoms with van der Waals surface area (Å²) in [5.74, 6) is -0.0595. The molecule has 0 saturated carbocycles. The number of halogens is 3. The smallest absolute Gasteiger partial charge is 0.496 e. The summed E-state index contributed by atoms with van der Waals surface area (Å²) in [5, 5.41) is 2.60. The van der Waals surface area contributed by atoms with Crippen LogP contribution < -0.4 is 14.8 Å². The van der Waals surface area contributed by atoms with Crippen molar-refractivity contribution in [1.29, 1.82) is 0 Å². The molecule has 0 bridgehead atoms. The molecule has 2 aromatic carbocycles. The second kappa shape index (κ2) is 7.04. The Labute approximate surface area is 130 Å². The van der Waals surface area contributed by atoms with Gasteiger partial charge in [-0.05, 0) is 30.3 Å². The molecule has 2 rings (SSSR count). The molecule has 0 spiro atoms. The molecule has 1 N–H and O–H groups in total. The number of benzene rings is 2. The maximum atomic E-state index is 12.1. The lowest BCUT2D eigenvalue weighted by molar-refractivity contribution is -0.274. The molecule has 0 aromatic heterocycles. The van der Waals surface area contributed by atoms with Gasteiger partial charge in [0, 0.05) is 11.3 Å². The number of methoxy groups -OCH3 is 1. The fraction of sp³-hybridized carbons (Fsp3) is 0.188. The molecule has 0 aliphatic heterocycles. The molecule has 0 radical (unpaired) electrons. The van der Waals surface area contributed by atoms with Crippen molar-refractivity contribution in [3.63, 3.8) is 0 Å². The van der Waals surface area contributed by atoms with E-state index in [-0.39, 0.29) is 18.1 Å². The number of hydrogen-bond donors (Lipinski definition) is 1. The second-order valence-corrected chi connectivity index (χ2v) is 4.61. The van der Waals surface area contributed by atoms with Crippen molar-refractivity contribution in [1.82, 2.24) is 0 Å². The first-order chi connectivity index (χ1) is 10.9. The average molecular weight is 325 g/mol. The third-order valence-corrected chi connectivity index (χ3v) is 2.92. The summed E-state index contributed by atoms with van der Waals surface area (Å²) < 4.78 is 45.1. The van der Waals surface area contributed by atoms with E-state index in [1.54, 1.807) is 24.3 Å². The fourth-order valence-corrected chi connectivity index (χ4v) is 1.97. The third kappa shape index (κ3) is 5.21. The predicted octanol–water partition coefficient (Wildman–Crippen LogP) is 3.78. The largest absolute Gasteiger partial charge is 0.573 e. The number of carbonyl (C=O) groups excluding carboxylic acids is 1. The van der Waals surface area contributed by atoms with Crippen LogP contribution in [0.3, 0.4) is 0 Å². The zero-order chi connectivity index (χ0) is 16.9. The maximum absolute atomic E-state index is 12.1. The number of ether oxygens (including phenoxy) is 2. The van der Waals surface area contributed by atoms with Gasteiger partial charge in [-0.15, -0.1) is 13.2 Å². The van der Waals surface area contributed by atoms with E-state index in [4.69, 9.17) is 4.74 Å². The number of anilines is 1. The first-order valence-corrected chi connectivity index (χ1v) is 6.65. The average Bonchev–Trinajstić information content (AvgIpc) is 2.48. The van der Waals surface area contributed by atoms with Crippen LogP contribution in [0.4, 0.5) is 18.9 Å². The number of amides is 1. The van der Waals surface area contributed by atoms with E-state index in [0.29, 0.717) is 17.0 Å². The van der Waals surface area contributed by atoms with Crippen molar-refractivity contribution >= 4 is 11.6 Å². The van der Waals surface area contributed by atoms with Gasteiger partial charge in [0.25, 0.3) is 0 Å². The number of nitrogens with one attached hydrogen (secondary N) is 1. The van der Waals surface area contributed by atoms with Crippen LogP contribution in [0.2, 0.25) is 0 Å². The normalized spacial score (nSPS) is 11.0. The summed E-state index contributed by atoms with van der Waals surface area (Å²) in [4.78, 5) is 12.0. The van der Waals surface area contributed by atoms with Gasteiger partial charge in [0.05, 0.1) is 13.5 Å². The molecule has 0 aliphatic carbocycles. The van der Waals surface area contributed by atoms with Crippen LogP contribution in [0.5, 0.6) is 11.5 Å². The Hall–Kier alpha value is -2.70. The van der Waals surface area contributed by atoms with Crippen LogP contribution in [0.1, 0.15) is 5.56 Å². The van der Waals surface area contributed by atoms with Gasteiger partial charge in [0.2, 0.25) is 5.91 Å². The minimum absolute atomic E-state index is 0.0881. The van der Waals surface area contributed by atoms with E-state index in [1.165, 1.54) is 19.2 Å². The molecular weight excluding hydrogens is 311 g/mol.